The zero-order chi connectivity index (χ0) is 25.6. The fraction of sp³-hybridized carbons (Fsp3) is 0.346. The first-order valence-corrected chi connectivity index (χ1v) is 11.9. The first-order valence-electron chi connectivity index (χ1n) is 11.9. The maximum absolute atomic E-state index is 12.9. The van der Waals surface area contributed by atoms with Crippen molar-refractivity contribution in [3.8, 4) is 11.6 Å². The quantitative estimate of drug-likeness (QED) is 0.429. The molecular weight excluding hydrogens is 460 g/mol. The van der Waals surface area contributed by atoms with Crippen molar-refractivity contribution >= 4 is 28.7 Å². The van der Waals surface area contributed by atoms with Gasteiger partial charge in [-0.1, -0.05) is 19.0 Å². The zero-order valence-corrected chi connectivity index (χ0v) is 20.9. The van der Waals surface area contributed by atoms with Crippen LogP contribution in [0.4, 0.5) is 10.6 Å². The molecule has 3 aromatic heterocycles. The minimum atomic E-state index is -0.337. The molecule has 0 saturated carbocycles. The second-order valence-electron chi connectivity index (χ2n) is 9.41. The van der Waals surface area contributed by atoms with Crippen LogP contribution in [0.15, 0.2) is 41.3 Å². The molecule has 36 heavy (non-hydrogen) atoms. The normalized spacial score (nSPS) is 15.3. The molecule has 2 amide bonds. The Hall–Kier alpha value is -4.21. The van der Waals surface area contributed by atoms with E-state index in [-0.39, 0.29) is 23.9 Å². The zero-order valence-electron chi connectivity index (χ0n) is 20.9. The highest BCUT2D eigenvalue weighted by Crippen LogP contribution is 2.35. The molecule has 4 heterocycles. The Kier molecular flexibility index (Phi) is 5.95. The van der Waals surface area contributed by atoms with E-state index in [2.05, 4.69) is 20.4 Å². The highest BCUT2D eigenvalue weighted by molar-refractivity contribution is 5.99. The van der Waals surface area contributed by atoms with Gasteiger partial charge < -0.3 is 14.2 Å². The SMILES string of the molecule is CC(=O)N1Cc2ncnc(Oc3ccc4c(ccn4C(=O)Nc4cc(C(C)C)on4)c3C)c2CC1C. The highest BCUT2D eigenvalue weighted by Gasteiger charge is 2.29. The number of anilines is 1. The number of nitrogens with zero attached hydrogens (tertiary/aromatic N) is 5. The second kappa shape index (κ2) is 9.10. The van der Waals surface area contributed by atoms with Crippen LogP contribution < -0.4 is 10.1 Å². The van der Waals surface area contributed by atoms with Crippen molar-refractivity contribution in [3.05, 3.63) is 59.4 Å². The predicted octanol–water partition coefficient (Wildman–Crippen LogP) is 5.02. The molecule has 5 rings (SSSR count). The molecule has 4 aromatic rings. The number of benzene rings is 1. The van der Waals surface area contributed by atoms with Crippen molar-refractivity contribution in [2.24, 2.45) is 0 Å². The van der Waals surface area contributed by atoms with Crippen molar-refractivity contribution < 1.29 is 18.8 Å². The molecule has 0 bridgehead atoms. The molecule has 186 valence electrons. The van der Waals surface area contributed by atoms with Gasteiger partial charge in [0, 0.05) is 47.7 Å². The summed E-state index contributed by atoms with van der Waals surface area (Å²) in [6, 6.07) is 6.97. The van der Waals surface area contributed by atoms with Gasteiger partial charge in [-0.3, -0.25) is 14.7 Å². The Labute approximate surface area is 208 Å². The number of ether oxygens (including phenoxy) is 1. The summed E-state index contributed by atoms with van der Waals surface area (Å²) in [5, 5.41) is 7.58. The number of hydrogen-bond donors (Lipinski definition) is 1. The molecule has 0 fully saturated rings. The summed E-state index contributed by atoms with van der Waals surface area (Å²) in [4.78, 5) is 35.4. The first kappa shape index (κ1) is 23.5. The van der Waals surface area contributed by atoms with Crippen LogP contribution in [0.25, 0.3) is 10.9 Å². The van der Waals surface area contributed by atoms with Crippen LogP contribution in [-0.4, -0.2) is 42.6 Å². The summed E-state index contributed by atoms with van der Waals surface area (Å²) in [5.41, 5.74) is 3.32. The first-order chi connectivity index (χ1) is 17.2. The fourth-order valence-electron chi connectivity index (χ4n) is 4.53. The summed E-state index contributed by atoms with van der Waals surface area (Å²) in [6.07, 6.45) is 3.79. The molecule has 10 nitrogen and oxygen atoms in total. The number of fused-ring (bicyclic) bond motifs is 2. The third-order valence-corrected chi connectivity index (χ3v) is 6.60. The van der Waals surface area contributed by atoms with Gasteiger partial charge in [0.05, 0.1) is 17.8 Å². The summed E-state index contributed by atoms with van der Waals surface area (Å²) in [5.74, 6) is 2.40. The van der Waals surface area contributed by atoms with Crippen LogP contribution in [0.5, 0.6) is 11.6 Å². The van der Waals surface area contributed by atoms with Crippen LogP contribution in [-0.2, 0) is 17.8 Å². The van der Waals surface area contributed by atoms with Gasteiger partial charge in [-0.2, -0.15) is 0 Å². The van der Waals surface area contributed by atoms with Gasteiger partial charge in [0.25, 0.3) is 0 Å². The Bertz CT molecular complexity index is 1470. The Morgan fingerprint density at radius 3 is 2.75 bits per heavy atom. The summed E-state index contributed by atoms with van der Waals surface area (Å²) < 4.78 is 13.1. The van der Waals surface area contributed by atoms with Gasteiger partial charge in [0.2, 0.25) is 11.8 Å². The van der Waals surface area contributed by atoms with Crippen LogP contribution in [0.3, 0.4) is 0 Å². The molecular formula is C26H28N6O4. The molecule has 0 aliphatic carbocycles. The van der Waals surface area contributed by atoms with Crippen molar-refractivity contribution in [2.45, 2.75) is 59.5 Å². The smallest absolute Gasteiger partial charge is 0.331 e. The van der Waals surface area contributed by atoms with Crippen LogP contribution in [0.1, 0.15) is 56.2 Å². The minimum Gasteiger partial charge on any atom is -0.438 e. The lowest BCUT2D eigenvalue weighted by molar-refractivity contribution is -0.132. The molecule has 1 aliphatic heterocycles. The fourth-order valence-corrected chi connectivity index (χ4v) is 4.53. The standard InChI is InChI=1S/C26H28N6O4/c1-14(2)23-11-24(30-36-23)29-26(34)31-9-8-18-16(4)22(7-6-21(18)31)35-25-19-10-15(3)32(17(5)33)12-20(19)27-13-28-25/h6-9,11,13-15H,10,12H2,1-5H3,(H,29,30,34). The number of nitrogens with one attached hydrogen (secondary N) is 1. The summed E-state index contributed by atoms with van der Waals surface area (Å²) in [7, 11) is 0. The van der Waals surface area contributed by atoms with Gasteiger partial charge in [-0.15, -0.1) is 0 Å². The van der Waals surface area contributed by atoms with E-state index in [1.165, 1.54) is 10.9 Å². The van der Waals surface area contributed by atoms with Gasteiger partial charge in [0.1, 0.15) is 17.8 Å². The summed E-state index contributed by atoms with van der Waals surface area (Å²) in [6.45, 7) is 9.94. The average Bonchev–Trinajstić information content (AvgIpc) is 3.48. The Morgan fingerprint density at radius 2 is 2.03 bits per heavy atom. The molecule has 1 aliphatic rings. The molecule has 1 atom stereocenters. The van der Waals surface area contributed by atoms with E-state index in [9.17, 15) is 9.59 Å². The number of aryl methyl sites for hydroxylation is 1. The van der Waals surface area contributed by atoms with Crippen LogP contribution in [0.2, 0.25) is 0 Å². The van der Waals surface area contributed by atoms with Crippen molar-refractivity contribution in [3.63, 3.8) is 0 Å². The monoisotopic (exact) mass is 488 g/mol. The molecule has 0 spiro atoms. The minimum absolute atomic E-state index is 0.0213. The Balaban J connectivity index is 1.40. The lowest BCUT2D eigenvalue weighted by Gasteiger charge is -2.33. The van der Waals surface area contributed by atoms with Gasteiger partial charge >= 0.3 is 6.03 Å². The molecule has 0 radical (unpaired) electrons. The summed E-state index contributed by atoms with van der Waals surface area (Å²) >= 11 is 0. The third kappa shape index (κ3) is 4.19. The highest BCUT2D eigenvalue weighted by atomic mass is 16.5. The number of carbonyl (C=O) groups excluding carboxylic acids is 2. The van der Waals surface area contributed by atoms with Gasteiger partial charge in [0.15, 0.2) is 5.82 Å². The number of rotatable bonds is 4. The number of aromatic nitrogens is 4. The van der Waals surface area contributed by atoms with E-state index in [4.69, 9.17) is 9.26 Å². The van der Waals surface area contributed by atoms with Crippen molar-refractivity contribution in [1.82, 2.24) is 24.6 Å². The van der Waals surface area contributed by atoms with Gasteiger partial charge in [-0.05, 0) is 38.5 Å². The van der Waals surface area contributed by atoms with E-state index in [0.717, 1.165) is 27.7 Å². The number of hydrogen-bond acceptors (Lipinski definition) is 7. The van der Waals surface area contributed by atoms with E-state index in [0.29, 0.717) is 36.2 Å². The predicted molar refractivity (Wildman–Crippen MR) is 133 cm³/mol. The van der Waals surface area contributed by atoms with Gasteiger partial charge in [-0.25, -0.2) is 14.8 Å². The largest absolute Gasteiger partial charge is 0.438 e. The Morgan fingerprint density at radius 1 is 1.22 bits per heavy atom. The molecule has 10 heteroatoms. The third-order valence-electron chi connectivity index (χ3n) is 6.60. The average molecular weight is 489 g/mol. The molecule has 1 aromatic carbocycles. The van der Waals surface area contributed by atoms with E-state index < -0.39 is 0 Å². The van der Waals surface area contributed by atoms with E-state index in [1.807, 2.05) is 45.9 Å². The van der Waals surface area contributed by atoms with Crippen molar-refractivity contribution in [1.29, 1.82) is 0 Å². The maximum Gasteiger partial charge on any atom is 0.331 e. The number of amides is 2. The maximum atomic E-state index is 12.9. The molecule has 1 N–H and O–H groups in total. The molecule has 0 saturated heterocycles. The van der Waals surface area contributed by atoms with Crippen LogP contribution in [0, 0.1) is 6.92 Å². The van der Waals surface area contributed by atoms with E-state index in [1.54, 1.807) is 24.1 Å². The van der Waals surface area contributed by atoms with Crippen molar-refractivity contribution in [2.75, 3.05) is 5.32 Å². The van der Waals surface area contributed by atoms with E-state index >= 15 is 0 Å². The van der Waals surface area contributed by atoms with Crippen LogP contribution >= 0.6 is 0 Å². The molecule has 1 unspecified atom stereocenters. The lowest BCUT2D eigenvalue weighted by Crippen LogP contribution is -2.41. The lowest BCUT2D eigenvalue weighted by atomic mass is 9.99. The second-order valence-corrected chi connectivity index (χ2v) is 9.41. The topological polar surface area (TPSA) is 115 Å². The number of carbonyl (C=O) groups is 2.